The second-order valence-electron chi connectivity index (χ2n) is 11.1. The van der Waals surface area contributed by atoms with E-state index in [4.69, 9.17) is 9.47 Å². The third-order valence-corrected chi connectivity index (χ3v) is 9.09. The third kappa shape index (κ3) is 3.24. The van der Waals surface area contributed by atoms with Crippen LogP contribution >= 0.6 is 0 Å². The second kappa shape index (κ2) is 8.16. The van der Waals surface area contributed by atoms with Gasteiger partial charge < -0.3 is 25.0 Å². The van der Waals surface area contributed by atoms with E-state index in [1.54, 1.807) is 13.4 Å². The standard InChI is InChI=1S/C29H29N7O3/c1-15-25(30-14-31-27(15)36-17-4-5-18(36)13-39-12-17)33-26-20-7-3-16(9-24(20)34-35-26)22-11-29(22)21-10-19(38-2)6-8-23(21)32-28(29)37/h3,6-10,14,17-18,22H,4-5,11-13H2,1-2H3,(H,32,37)(H2,30,31,33,34,35)/t17?,18?,22-,29-/m0/s1. The van der Waals surface area contributed by atoms with Crippen molar-refractivity contribution in [2.75, 3.05) is 35.9 Å². The van der Waals surface area contributed by atoms with Crippen molar-refractivity contribution in [3.05, 3.63) is 59.4 Å². The average molecular weight is 524 g/mol. The Bertz CT molecular complexity index is 1640. The van der Waals surface area contributed by atoms with Crippen molar-refractivity contribution >= 4 is 40.0 Å². The molecule has 3 fully saturated rings. The SMILES string of the molecule is COc1ccc2c(c1)[C@]1(C[C@H]1c1ccc3c(Nc4ncnc(N5C6CCC5COC6)c4C)n[nH]c3c1)C(=O)N2. The Morgan fingerprint density at radius 1 is 1.10 bits per heavy atom. The zero-order valence-corrected chi connectivity index (χ0v) is 21.8. The first-order valence-electron chi connectivity index (χ1n) is 13.5. The molecule has 1 aliphatic carbocycles. The molecule has 2 aromatic heterocycles. The van der Waals surface area contributed by atoms with Gasteiger partial charge in [0, 0.05) is 22.6 Å². The molecule has 10 nitrogen and oxygen atoms in total. The van der Waals surface area contributed by atoms with Crippen LogP contribution in [0.1, 0.15) is 41.9 Å². The highest BCUT2D eigenvalue weighted by Gasteiger charge is 2.65. The number of H-pyrrole nitrogens is 1. The highest BCUT2D eigenvalue weighted by molar-refractivity contribution is 6.10. The molecule has 1 saturated carbocycles. The summed E-state index contributed by atoms with van der Waals surface area (Å²) in [5, 5.41) is 15.2. The Morgan fingerprint density at radius 3 is 2.77 bits per heavy atom. The highest BCUT2D eigenvalue weighted by Crippen LogP contribution is 2.65. The van der Waals surface area contributed by atoms with Crippen LogP contribution in [0.3, 0.4) is 0 Å². The Kier molecular flexibility index (Phi) is 4.76. The van der Waals surface area contributed by atoms with Crippen LogP contribution in [0.2, 0.25) is 0 Å². The number of methoxy groups -OCH3 is 1. The van der Waals surface area contributed by atoms with E-state index >= 15 is 0 Å². The number of carbonyl (C=O) groups is 1. The van der Waals surface area contributed by atoms with Crippen molar-refractivity contribution in [1.29, 1.82) is 0 Å². The van der Waals surface area contributed by atoms with Crippen molar-refractivity contribution in [3.63, 3.8) is 0 Å². The van der Waals surface area contributed by atoms with Crippen LogP contribution < -0.4 is 20.3 Å². The van der Waals surface area contributed by atoms with Crippen LogP contribution in [-0.2, 0) is 14.9 Å². The molecule has 3 N–H and O–H groups in total. The van der Waals surface area contributed by atoms with Crippen LogP contribution in [0.5, 0.6) is 5.75 Å². The van der Waals surface area contributed by atoms with E-state index in [-0.39, 0.29) is 11.8 Å². The fourth-order valence-electron chi connectivity index (χ4n) is 6.96. The number of nitrogens with one attached hydrogen (secondary N) is 3. The summed E-state index contributed by atoms with van der Waals surface area (Å²) in [4.78, 5) is 24.7. The summed E-state index contributed by atoms with van der Waals surface area (Å²) in [6.45, 7) is 3.56. The number of anilines is 4. The molecule has 10 heteroatoms. The number of aromatic nitrogens is 4. The van der Waals surface area contributed by atoms with E-state index in [1.807, 2.05) is 18.2 Å². The van der Waals surface area contributed by atoms with Gasteiger partial charge in [-0.3, -0.25) is 9.89 Å². The number of aromatic amines is 1. The molecule has 1 spiro atoms. The van der Waals surface area contributed by atoms with E-state index < -0.39 is 5.41 Å². The molecule has 4 aromatic rings. The first kappa shape index (κ1) is 22.8. The zero-order valence-electron chi connectivity index (χ0n) is 21.8. The molecular formula is C29H29N7O3. The molecule has 39 heavy (non-hydrogen) atoms. The maximum Gasteiger partial charge on any atom is 0.235 e. The molecular weight excluding hydrogens is 494 g/mol. The van der Waals surface area contributed by atoms with E-state index in [0.29, 0.717) is 17.9 Å². The second-order valence-corrected chi connectivity index (χ2v) is 11.1. The van der Waals surface area contributed by atoms with Crippen molar-refractivity contribution in [1.82, 2.24) is 20.2 Å². The lowest BCUT2D eigenvalue weighted by molar-refractivity contribution is -0.118. The van der Waals surface area contributed by atoms with Gasteiger partial charge in [-0.15, -0.1) is 0 Å². The Labute approximate surface area is 225 Å². The van der Waals surface area contributed by atoms with Crippen LogP contribution in [0.15, 0.2) is 42.7 Å². The molecule has 2 aromatic carbocycles. The summed E-state index contributed by atoms with van der Waals surface area (Å²) in [5.41, 5.74) is 4.40. The first-order valence-corrected chi connectivity index (χ1v) is 13.5. The fourth-order valence-corrected chi connectivity index (χ4v) is 6.96. The van der Waals surface area contributed by atoms with Crippen molar-refractivity contribution in [2.45, 2.75) is 49.6 Å². The predicted molar refractivity (Wildman–Crippen MR) is 147 cm³/mol. The van der Waals surface area contributed by atoms with Gasteiger partial charge in [-0.2, -0.15) is 5.10 Å². The lowest BCUT2D eigenvalue weighted by Crippen LogP contribution is -2.46. The Hall–Kier alpha value is -4.18. The number of carbonyl (C=O) groups excluding carboxylic acids is 1. The molecule has 198 valence electrons. The lowest BCUT2D eigenvalue weighted by Gasteiger charge is -2.36. The van der Waals surface area contributed by atoms with Crippen LogP contribution in [0.4, 0.5) is 23.1 Å². The molecule has 2 unspecified atom stereocenters. The maximum atomic E-state index is 13.1. The molecule has 5 heterocycles. The lowest BCUT2D eigenvalue weighted by atomic mass is 9.91. The monoisotopic (exact) mass is 523 g/mol. The molecule has 3 aliphatic heterocycles. The van der Waals surface area contributed by atoms with Gasteiger partial charge in [0.25, 0.3) is 0 Å². The highest BCUT2D eigenvalue weighted by atomic mass is 16.5. The molecule has 2 saturated heterocycles. The minimum Gasteiger partial charge on any atom is -0.497 e. The third-order valence-electron chi connectivity index (χ3n) is 9.09. The first-order chi connectivity index (χ1) is 19.1. The molecule has 0 radical (unpaired) electrons. The summed E-state index contributed by atoms with van der Waals surface area (Å²) in [6.07, 6.45) is 4.66. The summed E-state index contributed by atoms with van der Waals surface area (Å²) in [7, 11) is 1.65. The van der Waals surface area contributed by atoms with Gasteiger partial charge in [-0.05, 0) is 67.6 Å². The normalized spacial score (nSPS) is 26.7. The van der Waals surface area contributed by atoms with E-state index in [1.165, 1.54) is 0 Å². The van der Waals surface area contributed by atoms with Gasteiger partial charge in [-0.1, -0.05) is 6.07 Å². The topological polar surface area (TPSA) is 117 Å². The molecule has 4 aliphatic rings. The smallest absolute Gasteiger partial charge is 0.235 e. The number of rotatable bonds is 5. The Morgan fingerprint density at radius 2 is 1.95 bits per heavy atom. The fraction of sp³-hybridized carbons (Fsp3) is 0.379. The minimum absolute atomic E-state index is 0.0616. The van der Waals surface area contributed by atoms with Crippen LogP contribution in [0, 0.1) is 6.92 Å². The number of morpholine rings is 1. The number of amides is 1. The summed E-state index contributed by atoms with van der Waals surface area (Å²) >= 11 is 0. The molecule has 2 bridgehead atoms. The van der Waals surface area contributed by atoms with E-state index in [0.717, 1.165) is 83.1 Å². The average Bonchev–Trinajstić information content (AvgIpc) is 3.41. The van der Waals surface area contributed by atoms with Crippen LogP contribution in [-0.4, -0.2) is 58.5 Å². The number of benzene rings is 2. The van der Waals surface area contributed by atoms with Gasteiger partial charge in [0.2, 0.25) is 5.91 Å². The largest absolute Gasteiger partial charge is 0.497 e. The van der Waals surface area contributed by atoms with Gasteiger partial charge in [0.1, 0.15) is 23.7 Å². The number of ether oxygens (including phenoxy) is 2. The van der Waals surface area contributed by atoms with Gasteiger partial charge in [-0.25, -0.2) is 9.97 Å². The van der Waals surface area contributed by atoms with Crippen LogP contribution in [0.25, 0.3) is 10.9 Å². The molecule has 1 amide bonds. The predicted octanol–water partition coefficient (Wildman–Crippen LogP) is 4.16. The van der Waals surface area contributed by atoms with Gasteiger partial charge in [0.15, 0.2) is 5.82 Å². The molecule has 4 atom stereocenters. The number of hydrogen-bond donors (Lipinski definition) is 3. The zero-order chi connectivity index (χ0) is 26.3. The number of hydrogen-bond acceptors (Lipinski definition) is 8. The number of nitrogens with zero attached hydrogens (tertiary/aromatic N) is 4. The van der Waals surface area contributed by atoms with Crippen molar-refractivity contribution in [3.8, 4) is 5.75 Å². The van der Waals surface area contributed by atoms with Gasteiger partial charge in [0.05, 0.1) is 43.3 Å². The molecule has 8 rings (SSSR count). The summed E-state index contributed by atoms with van der Waals surface area (Å²) in [5.74, 6) is 3.36. The summed E-state index contributed by atoms with van der Waals surface area (Å²) < 4.78 is 11.2. The van der Waals surface area contributed by atoms with Crippen molar-refractivity contribution in [2.24, 2.45) is 0 Å². The van der Waals surface area contributed by atoms with Gasteiger partial charge >= 0.3 is 0 Å². The van der Waals surface area contributed by atoms with E-state index in [9.17, 15) is 4.79 Å². The maximum absolute atomic E-state index is 13.1. The quantitative estimate of drug-likeness (QED) is 0.357. The summed E-state index contributed by atoms with van der Waals surface area (Å²) in [6, 6.07) is 12.8. The van der Waals surface area contributed by atoms with E-state index in [2.05, 4.69) is 60.8 Å². The number of fused-ring (bicyclic) bond motifs is 5. The van der Waals surface area contributed by atoms with Crippen molar-refractivity contribution < 1.29 is 14.3 Å². The Balaban J connectivity index is 1.08. The minimum atomic E-state index is -0.536.